The van der Waals surface area contributed by atoms with Crippen LogP contribution >= 0.6 is 0 Å². The van der Waals surface area contributed by atoms with Gasteiger partial charge < -0.3 is 39.0 Å². The number of hydrogen-bond acceptors (Lipinski definition) is 10. The van der Waals surface area contributed by atoms with E-state index in [0.717, 1.165) is 5.57 Å². The zero-order valence-corrected chi connectivity index (χ0v) is 22.9. The number of cyclic esters (lactones) is 1. The monoisotopic (exact) mass is 548 g/mol. The smallest absolute Gasteiger partial charge is 0.335 e. The van der Waals surface area contributed by atoms with Crippen molar-refractivity contribution in [3.05, 3.63) is 36.0 Å². The molecule has 0 amide bonds. The lowest BCUT2D eigenvalue weighted by Crippen LogP contribution is -2.68. The summed E-state index contributed by atoms with van der Waals surface area (Å²) in [5.74, 6) is -1.81. The average Bonchev–Trinajstić information content (AvgIpc) is 3.67. The van der Waals surface area contributed by atoms with E-state index in [1.165, 1.54) is 12.2 Å². The van der Waals surface area contributed by atoms with Gasteiger partial charge in [-0.15, -0.1) is 0 Å². The molecule has 5 aliphatic rings. The Kier molecular flexibility index (Phi) is 7.58. The van der Waals surface area contributed by atoms with E-state index in [1.807, 2.05) is 19.9 Å². The number of ether oxygens (including phenoxy) is 5. The third kappa shape index (κ3) is 4.59. The van der Waals surface area contributed by atoms with E-state index in [2.05, 4.69) is 0 Å². The van der Waals surface area contributed by atoms with Crippen LogP contribution in [0.2, 0.25) is 0 Å². The van der Waals surface area contributed by atoms with Crippen molar-refractivity contribution in [3.63, 3.8) is 0 Å². The summed E-state index contributed by atoms with van der Waals surface area (Å²) >= 11 is 0. The first kappa shape index (κ1) is 28.4. The fourth-order valence-electron chi connectivity index (χ4n) is 7.05. The van der Waals surface area contributed by atoms with Crippen LogP contribution in [0.15, 0.2) is 36.0 Å². The number of carbonyl (C=O) groups is 2. The quantitative estimate of drug-likeness (QED) is 0.250. The summed E-state index contributed by atoms with van der Waals surface area (Å²) in [6.45, 7) is 7.58. The lowest BCUT2D eigenvalue weighted by Gasteiger charge is -2.58. The molecule has 0 aromatic heterocycles. The first-order chi connectivity index (χ1) is 18.4. The molecule has 0 unspecified atom stereocenters. The summed E-state index contributed by atoms with van der Waals surface area (Å²) < 4.78 is 30.2. The van der Waals surface area contributed by atoms with Gasteiger partial charge in [-0.3, -0.25) is 0 Å². The maximum atomic E-state index is 13.1. The molecule has 0 aromatic rings. The molecule has 5 rings (SSSR count). The van der Waals surface area contributed by atoms with Crippen LogP contribution in [0.3, 0.4) is 0 Å². The zero-order valence-electron chi connectivity index (χ0n) is 22.9. The van der Waals surface area contributed by atoms with Gasteiger partial charge in [-0.25, -0.2) is 9.59 Å². The summed E-state index contributed by atoms with van der Waals surface area (Å²) in [5, 5.41) is 31.8. The zero-order chi connectivity index (χ0) is 28.2. The van der Waals surface area contributed by atoms with Gasteiger partial charge in [0.1, 0.15) is 24.4 Å². The summed E-state index contributed by atoms with van der Waals surface area (Å²) in [7, 11) is 0. The highest BCUT2D eigenvalue weighted by atomic mass is 16.6. The van der Waals surface area contributed by atoms with Crippen molar-refractivity contribution in [2.45, 2.75) is 95.3 Å². The normalized spacial score (nSPS) is 49.0. The van der Waals surface area contributed by atoms with Gasteiger partial charge in [0, 0.05) is 24.5 Å². The average molecular weight is 549 g/mol. The number of allylic oxidation sites excluding steroid dienone is 2. The number of aliphatic hydroxyl groups excluding tert-OH is 3. The Bertz CT molecular complexity index is 1060. The van der Waals surface area contributed by atoms with Crippen LogP contribution in [0.4, 0.5) is 0 Å². The topological polar surface area (TPSA) is 144 Å². The molecule has 3 fully saturated rings. The largest absolute Gasteiger partial charge is 0.463 e. The number of esters is 2. The molecule has 3 aliphatic heterocycles. The van der Waals surface area contributed by atoms with Crippen molar-refractivity contribution in [1.29, 1.82) is 0 Å². The third-order valence-corrected chi connectivity index (χ3v) is 9.83. The van der Waals surface area contributed by atoms with E-state index in [1.54, 1.807) is 26.0 Å². The van der Waals surface area contributed by atoms with Crippen molar-refractivity contribution in [3.8, 4) is 0 Å². The minimum absolute atomic E-state index is 0.150. The van der Waals surface area contributed by atoms with Crippen LogP contribution in [-0.2, 0) is 33.3 Å². The molecule has 216 valence electrons. The van der Waals surface area contributed by atoms with Crippen LogP contribution in [0.25, 0.3) is 0 Å². The van der Waals surface area contributed by atoms with E-state index < -0.39 is 70.9 Å². The Hall–Kier alpha value is -2.08. The van der Waals surface area contributed by atoms with Gasteiger partial charge in [0.05, 0.1) is 36.4 Å². The highest BCUT2D eigenvalue weighted by molar-refractivity contribution is 5.82. The van der Waals surface area contributed by atoms with Crippen LogP contribution < -0.4 is 0 Å². The lowest BCUT2D eigenvalue weighted by molar-refractivity contribution is -0.240. The Balaban J connectivity index is 1.53. The van der Waals surface area contributed by atoms with E-state index in [0.29, 0.717) is 19.4 Å². The second-order valence-electron chi connectivity index (χ2n) is 12.0. The molecular formula is C29H40O10. The van der Waals surface area contributed by atoms with Crippen LogP contribution in [0.5, 0.6) is 0 Å². The minimum atomic E-state index is -1.40. The predicted molar refractivity (Wildman–Crippen MR) is 137 cm³/mol. The molecule has 3 N–H and O–H groups in total. The summed E-state index contributed by atoms with van der Waals surface area (Å²) in [6.07, 6.45) is 3.82. The molecule has 2 bridgehead atoms. The molecule has 0 aromatic carbocycles. The molecule has 1 saturated carbocycles. The summed E-state index contributed by atoms with van der Waals surface area (Å²) in [6, 6.07) is 0. The fourth-order valence-corrected chi connectivity index (χ4v) is 7.05. The molecule has 2 spiro atoms. The van der Waals surface area contributed by atoms with Crippen molar-refractivity contribution in [2.75, 3.05) is 19.8 Å². The standard InChI is InChI=1S/C29H40O10/c1-16-9-10-35-20(18(3)30)7-5-6-8-24(32)39-21-12-23-29(15-37-29)27(21,4)28(14-36-26(34)25(16)33)13-19(31)17(2)11-22(28)38-23/h5-8,11,16,18-23,25,30-31,33H,9-10,12-15H2,1-4H3/b7-5+,8-6-/t16-,18+,19-,20-,21-,22-,23-,25+,27-,28-,29+/m1/s1. The van der Waals surface area contributed by atoms with Gasteiger partial charge in [0.2, 0.25) is 0 Å². The Morgan fingerprint density at radius 2 is 1.87 bits per heavy atom. The molecule has 0 radical (unpaired) electrons. The minimum Gasteiger partial charge on any atom is -0.463 e. The van der Waals surface area contributed by atoms with Crippen LogP contribution in [-0.4, -0.2) is 95.4 Å². The van der Waals surface area contributed by atoms with Gasteiger partial charge in [-0.05, 0) is 38.2 Å². The van der Waals surface area contributed by atoms with E-state index >= 15 is 0 Å². The Morgan fingerprint density at radius 1 is 1.13 bits per heavy atom. The Morgan fingerprint density at radius 3 is 2.56 bits per heavy atom. The highest BCUT2D eigenvalue weighted by Gasteiger charge is 2.83. The molecule has 39 heavy (non-hydrogen) atoms. The first-order valence-electron chi connectivity index (χ1n) is 13.8. The first-order valence-corrected chi connectivity index (χ1v) is 13.8. The second-order valence-corrected chi connectivity index (χ2v) is 12.0. The van der Waals surface area contributed by atoms with E-state index in [4.69, 9.17) is 23.7 Å². The van der Waals surface area contributed by atoms with Gasteiger partial charge in [-0.2, -0.15) is 0 Å². The van der Waals surface area contributed by atoms with Gasteiger partial charge >= 0.3 is 11.9 Å². The van der Waals surface area contributed by atoms with Crippen molar-refractivity contribution >= 4 is 11.9 Å². The number of carbonyl (C=O) groups excluding carboxylic acids is 2. The molecule has 2 aliphatic carbocycles. The number of rotatable bonds is 1. The fraction of sp³-hybridized carbons (Fsp3) is 0.724. The number of epoxide rings is 1. The molecule has 3 heterocycles. The molecule has 11 atom stereocenters. The summed E-state index contributed by atoms with van der Waals surface area (Å²) in [4.78, 5) is 26.1. The van der Waals surface area contributed by atoms with E-state index in [9.17, 15) is 24.9 Å². The molecule has 10 nitrogen and oxygen atoms in total. The highest BCUT2D eigenvalue weighted by Crippen LogP contribution is 2.72. The van der Waals surface area contributed by atoms with Gasteiger partial charge in [-0.1, -0.05) is 38.2 Å². The maximum absolute atomic E-state index is 13.1. The summed E-state index contributed by atoms with van der Waals surface area (Å²) in [5.41, 5.74) is -1.79. The molecular weight excluding hydrogens is 508 g/mol. The molecule has 2 saturated heterocycles. The maximum Gasteiger partial charge on any atom is 0.335 e. The third-order valence-electron chi connectivity index (χ3n) is 9.83. The predicted octanol–water partition coefficient (Wildman–Crippen LogP) is 1.36. The van der Waals surface area contributed by atoms with Crippen molar-refractivity contribution in [1.82, 2.24) is 0 Å². The van der Waals surface area contributed by atoms with Crippen molar-refractivity contribution in [2.24, 2.45) is 16.7 Å². The van der Waals surface area contributed by atoms with E-state index in [-0.39, 0.29) is 25.7 Å². The SMILES string of the molecule is CC1=C[C@H]2O[C@@H]3C[C@H]4OC(=O)/C=C\C=C\[C@H]([C@H](C)O)OCC[C@@H](C)[C@H](O)C(=O)OC[C@@]2(C[C@H]1O)[C@]4(C)[C@]31CO1. The van der Waals surface area contributed by atoms with Crippen LogP contribution in [0.1, 0.15) is 47.0 Å². The van der Waals surface area contributed by atoms with Gasteiger partial charge in [0.25, 0.3) is 0 Å². The lowest BCUT2D eigenvalue weighted by atomic mass is 9.51. The Labute approximate surface area is 228 Å². The number of hydrogen-bond donors (Lipinski definition) is 3. The number of aliphatic hydroxyl groups is 3. The molecule has 10 heteroatoms. The van der Waals surface area contributed by atoms with Crippen molar-refractivity contribution < 1.29 is 48.6 Å². The van der Waals surface area contributed by atoms with Crippen LogP contribution in [0, 0.1) is 16.7 Å². The van der Waals surface area contributed by atoms with Gasteiger partial charge in [0.15, 0.2) is 6.10 Å². The second kappa shape index (κ2) is 10.4.